The van der Waals surface area contributed by atoms with Crippen LogP contribution in [0.25, 0.3) is 5.52 Å². The zero-order valence-corrected chi connectivity index (χ0v) is 28.5. The van der Waals surface area contributed by atoms with Crippen molar-refractivity contribution < 1.29 is 38.5 Å². The summed E-state index contributed by atoms with van der Waals surface area (Å²) in [5.74, 6) is -1.86. The highest BCUT2D eigenvalue weighted by Gasteiger charge is 2.23. The van der Waals surface area contributed by atoms with Crippen LogP contribution >= 0.6 is 0 Å². The molecule has 3 aromatic carbocycles. The fourth-order valence-electron chi connectivity index (χ4n) is 5.39. The SMILES string of the molecule is CCCCCCCOc1ccc(C(=O)Oc2ccc(CC(NC(=O)c3cccc(NC(=O)c4cnn5ccccc45)c3)C(=O)O)cc2OC)cc1. The van der Waals surface area contributed by atoms with Crippen LogP contribution in [0.5, 0.6) is 17.2 Å². The van der Waals surface area contributed by atoms with Crippen molar-refractivity contribution >= 4 is 35.0 Å². The van der Waals surface area contributed by atoms with Crippen LogP contribution in [-0.2, 0) is 11.2 Å². The number of benzene rings is 3. The maximum atomic E-state index is 13.2. The lowest BCUT2D eigenvalue weighted by atomic mass is 10.0. The van der Waals surface area contributed by atoms with Crippen molar-refractivity contribution in [2.24, 2.45) is 0 Å². The van der Waals surface area contributed by atoms with Gasteiger partial charge in [0.25, 0.3) is 11.8 Å². The number of rotatable bonds is 17. The highest BCUT2D eigenvalue weighted by molar-refractivity contribution is 6.09. The standard InChI is InChI=1S/C39H40N4O8/c1-3-4-5-6-9-21-50-30-17-15-27(16-18-30)39(48)51-34-19-14-26(23-35(34)49-2)22-32(38(46)47)42-36(44)28-11-10-12-29(24-28)41-37(45)31-25-40-43-20-8-7-13-33(31)43/h7-8,10-20,23-25,32H,3-6,9,21-22H2,1-2H3,(H,41,45)(H,42,44)(H,46,47). The number of unbranched alkanes of at least 4 members (excludes halogenated alkanes) is 4. The van der Waals surface area contributed by atoms with Gasteiger partial charge in [0.2, 0.25) is 0 Å². The molecule has 264 valence electrons. The minimum Gasteiger partial charge on any atom is -0.494 e. The molecule has 12 nitrogen and oxygen atoms in total. The van der Waals surface area contributed by atoms with E-state index in [0.717, 1.165) is 12.8 Å². The van der Waals surface area contributed by atoms with Crippen molar-refractivity contribution in [3.05, 3.63) is 120 Å². The smallest absolute Gasteiger partial charge is 0.343 e. The summed E-state index contributed by atoms with van der Waals surface area (Å²) >= 11 is 0. The van der Waals surface area contributed by atoms with E-state index in [0.29, 0.717) is 40.3 Å². The minimum absolute atomic E-state index is 0.0864. The second-order valence-electron chi connectivity index (χ2n) is 11.9. The van der Waals surface area contributed by atoms with Gasteiger partial charge in [0.1, 0.15) is 11.8 Å². The number of aliphatic carboxylic acids is 1. The number of hydrogen-bond acceptors (Lipinski definition) is 8. The Morgan fingerprint density at radius 1 is 0.843 bits per heavy atom. The van der Waals surface area contributed by atoms with E-state index < -0.39 is 29.8 Å². The van der Waals surface area contributed by atoms with Gasteiger partial charge in [0.15, 0.2) is 11.5 Å². The zero-order valence-electron chi connectivity index (χ0n) is 28.5. The number of anilines is 1. The zero-order chi connectivity index (χ0) is 36.2. The molecule has 1 atom stereocenters. The number of aromatic nitrogens is 2. The molecular weight excluding hydrogens is 652 g/mol. The summed E-state index contributed by atoms with van der Waals surface area (Å²) in [6.07, 6.45) is 8.78. The lowest BCUT2D eigenvalue weighted by Gasteiger charge is -2.17. The van der Waals surface area contributed by atoms with Gasteiger partial charge in [-0.3, -0.25) is 9.59 Å². The number of pyridine rings is 1. The van der Waals surface area contributed by atoms with Crippen LogP contribution in [0.4, 0.5) is 5.69 Å². The number of fused-ring (bicyclic) bond motifs is 1. The Hall–Kier alpha value is -6.17. The second kappa shape index (κ2) is 17.5. The van der Waals surface area contributed by atoms with Gasteiger partial charge in [-0.2, -0.15) is 5.10 Å². The Balaban J connectivity index is 1.18. The first-order valence-corrected chi connectivity index (χ1v) is 16.7. The monoisotopic (exact) mass is 692 g/mol. The van der Waals surface area contributed by atoms with Crippen LogP contribution in [0, 0.1) is 0 Å². The molecule has 5 rings (SSSR count). The molecule has 0 bridgehead atoms. The molecule has 0 fully saturated rings. The third-order valence-electron chi connectivity index (χ3n) is 8.13. The molecule has 12 heteroatoms. The Kier molecular flexibility index (Phi) is 12.4. The molecule has 2 amide bonds. The van der Waals surface area contributed by atoms with E-state index in [1.54, 1.807) is 77.4 Å². The molecule has 5 aromatic rings. The molecule has 0 spiro atoms. The molecule has 1 unspecified atom stereocenters. The van der Waals surface area contributed by atoms with Crippen LogP contribution in [0.1, 0.15) is 75.7 Å². The number of carbonyl (C=O) groups is 4. The van der Waals surface area contributed by atoms with Crippen molar-refractivity contribution in [1.29, 1.82) is 0 Å². The van der Waals surface area contributed by atoms with E-state index in [1.807, 2.05) is 0 Å². The van der Waals surface area contributed by atoms with E-state index in [-0.39, 0.29) is 23.5 Å². The van der Waals surface area contributed by atoms with Gasteiger partial charge in [-0.05, 0) is 78.7 Å². The number of carboxylic acid groups (broad SMARTS) is 1. The van der Waals surface area contributed by atoms with Crippen molar-refractivity contribution in [3.63, 3.8) is 0 Å². The summed E-state index contributed by atoms with van der Waals surface area (Å²) in [5.41, 5.74) is 2.32. The molecule has 2 aromatic heterocycles. The number of amides is 2. The third-order valence-corrected chi connectivity index (χ3v) is 8.13. The number of carbonyl (C=O) groups excluding carboxylic acids is 3. The van der Waals surface area contributed by atoms with Crippen molar-refractivity contribution in [2.45, 2.75) is 51.5 Å². The van der Waals surface area contributed by atoms with Crippen LogP contribution in [0.2, 0.25) is 0 Å². The largest absolute Gasteiger partial charge is 0.494 e. The van der Waals surface area contributed by atoms with Gasteiger partial charge in [0, 0.05) is 23.9 Å². The highest BCUT2D eigenvalue weighted by atomic mass is 16.6. The number of esters is 1. The minimum atomic E-state index is -1.30. The Bertz CT molecular complexity index is 1990. The number of ether oxygens (including phenoxy) is 3. The molecule has 0 aliphatic rings. The Labute approximate surface area is 295 Å². The average molecular weight is 693 g/mol. The first-order valence-electron chi connectivity index (χ1n) is 16.7. The summed E-state index contributed by atoms with van der Waals surface area (Å²) in [6, 6.07) is 21.6. The molecule has 0 saturated heterocycles. The van der Waals surface area contributed by atoms with Gasteiger partial charge in [-0.25, -0.2) is 14.1 Å². The van der Waals surface area contributed by atoms with E-state index in [1.165, 1.54) is 50.8 Å². The lowest BCUT2D eigenvalue weighted by Crippen LogP contribution is -2.42. The summed E-state index contributed by atoms with van der Waals surface area (Å²) in [6.45, 7) is 2.79. The Morgan fingerprint density at radius 3 is 2.41 bits per heavy atom. The van der Waals surface area contributed by atoms with Crippen molar-refractivity contribution in [2.75, 3.05) is 19.0 Å². The van der Waals surface area contributed by atoms with Crippen LogP contribution < -0.4 is 24.8 Å². The molecule has 0 aliphatic carbocycles. The summed E-state index contributed by atoms with van der Waals surface area (Å²) in [5, 5.41) is 19.4. The van der Waals surface area contributed by atoms with Crippen LogP contribution in [0.15, 0.2) is 97.3 Å². The van der Waals surface area contributed by atoms with E-state index >= 15 is 0 Å². The number of methoxy groups -OCH3 is 1. The topological polar surface area (TPSA) is 158 Å². The molecule has 51 heavy (non-hydrogen) atoms. The first kappa shape index (κ1) is 36.1. The van der Waals surface area contributed by atoms with Crippen LogP contribution in [-0.4, -0.2) is 58.2 Å². The van der Waals surface area contributed by atoms with E-state index in [9.17, 15) is 24.3 Å². The molecule has 2 heterocycles. The van der Waals surface area contributed by atoms with Crippen molar-refractivity contribution in [1.82, 2.24) is 14.9 Å². The molecule has 0 saturated carbocycles. The molecule has 3 N–H and O–H groups in total. The summed E-state index contributed by atoms with van der Waals surface area (Å²) in [4.78, 5) is 51.2. The van der Waals surface area contributed by atoms with Crippen LogP contribution in [0.3, 0.4) is 0 Å². The maximum Gasteiger partial charge on any atom is 0.343 e. The number of nitrogens with zero attached hydrogens (tertiary/aromatic N) is 2. The fraction of sp³-hybridized carbons (Fsp3) is 0.256. The van der Waals surface area contributed by atoms with Gasteiger partial charge in [-0.15, -0.1) is 0 Å². The molecule has 0 radical (unpaired) electrons. The van der Waals surface area contributed by atoms with Gasteiger partial charge >= 0.3 is 11.9 Å². The number of nitrogens with one attached hydrogen (secondary N) is 2. The second-order valence-corrected chi connectivity index (χ2v) is 11.9. The molecular formula is C39H40N4O8. The predicted molar refractivity (Wildman–Crippen MR) is 191 cm³/mol. The molecule has 0 aliphatic heterocycles. The fourth-order valence-corrected chi connectivity index (χ4v) is 5.39. The Morgan fingerprint density at radius 2 is 1.65 bits per heavy atom. The average Bonchev–Trinajstić information content (AvgIpc) is 3.58. The number of carboxylic acids is 1. The van der Waals surface area contributed by atoms with E-state index in [4.69, 9.17) is 14.2 Å². The number of hydrogen-bond donors (Lipinski definition) is 3. The van der Waals surface area contributed by atoms with Gasteiger partial charge < -0.3 is 30.0 Å². The van der Waals surface area contributed by atoms with Gasteiger partial charge in [-0.1, -0.05) is 50.8 Å². The third kappa shape index (κ3) is 9.72. The highest BCUT2D eigenvalue weighted by Crippen LogP contribution is 2.30. The first-order chi connectivity index (χ1) is 24.7. The van der Waals surface area contributed by atoms with Gasteiger partial charge in [0.05, 0.1) is 36.6 Å². The quantitative estimate of drug-likeness (QED) is 0.0556. The van der Waals surface area contributed by atoms with Crippen molar-refractivity contribution in [3.8, 4) is 17.2 Å². The summed E-state index contributed by atoms with van der Waals surface area (Å²) in [7, 11) is 1.41. The predicted octanol–water partition coefficient (Wildman–Crippen LogP) is 6.59. The summed E-state index contributed by atoms with van der Waals surface area (Å²) < 4.78 is 18.4. The maximum absolute atomic E-state index is 13.2. The van der Waals surface area contributed by atoms with E-state index in [2.05, 4.69) is 22.7 Å². The normalized spacial score (nSPS) is 11.4. The lowest BCUT2D eigenvalue weighted by molar-refractivity contribution is -0.139.